The lowest BCUT2D eigenvalue weighted by molar-refractivity contribution is -0.163. The molecule has 0 bridgehead atoms. The third-order valence-corrected chi connectivity index (χ3v) is 3.69. The summed E-state index contributed by atoms with van der Waals surface area (Å²) in [4.78, 5) is 14.4. The van der Waals surface area contributed by atoms with Crippen LogP contribution in [0.3, 0.4) is 0 Å². The van der Waals surface area contributed by atoms with E-state index in [0.717, 1.165) is 13.0 Å². The first-order chi connectivity index (χ1) is 10.0. The number of esters is 1. The molecule has 0 radical (unpaired) electrons. The highest BCUT2D eigenvalue weighted by Crippen LogP contribution is 2.44. The summed E-state index contributed by atoms with van der Waals surface area (Å²) in [7, 11) is 3.95. The van der Waals surface area contributed by atoms with Crippen molar-refractivity contribution in [2.24, 2.45) is 16.7 Å². The highest BCUT2D eigenvalue weighted by Gasteiger charge is 2.45. The van der Waals surface area contributed by atoms with Crippen LogP contribution < -0.4 is 0 Å². The fourth-order valence-corrected chi connectivity index (χ4v) is 1.99. The van der Waals surface area contributed by atoms with Crippen LogP contribution in [0.4, 0.5) is 0 Å². The number of carbonyl (C=O) groups is 1. The van der Waals surface area contributed by atoms with Crippen LogP contribution in [0.25, 0.3) is 0 Å². The molecule has 0 saturated heterocycles. The zero-order valence-corrected chi connectivity index (χ0v) is 17.4. The summed E-state index contributed by atoms with van der Waals surface area (Å²) in [6.07, 6.45) is 0.858. The van der Waals surface area contributed by atoms with Crippen LogP contribution in [-0.4, -0.2) is 48.8 Å². The van der Waals surface area contributed by atoms with E-state index in [0.29, 0.717) is 12.5 Å². The summed E-state index contributed by atoms with van der Waals surface area (Å²) in [5.41, 5.74) is -1.01. The van der Waals surface area contributed by atoms with Crippen LogP contribution >= 0.6 is 0 Å². The van der Waals surface area contributed by atoms with Gasteiger partial charge in [0.15, 0.2) is 0 Å². The minimum Gasteiger partial charge on any atom is -0.464 e. The molecule has 0 aromatic rings. The van der Waals surface area contributed by atoms with Crippen molar-refractivity contribution in [3.8, 4) is 0 Å². The van der Waals surface area contributed by atoms with Crippen molar-refractivity contribution >= 4 is 5.97 Å². The minimum absolute atomic E-state index is 0.0643. The molecular weight excluding hydrogens is 290 g/mol. The average molecular weight is 332 g/mol. The number of aliphatic hydroxyl groups is 1. The second-order valence-electron chi connectivity index (χ2n) is 9.29. The fourth-order valence-electron chi connectivity index (χ4n) is 1.99. The molecule has 0 spiro atoms. The van der Waals surface area contributed by atoms with E-state index in [2.05, 4.69) is 34.6 Å². The Labute approximate surface area is 144 Å². The van der Waals surface area contributed by atoms with E-state index in [1.807, 2.05) is 25.9 Å². The second-order valence-corrected chi connectivity index (χ2v) is 9.29. The zero-order chi connectivity index (χ0) is 19.1. The SMILES string of the molecule is CC(C)(C)O.CC(C)CC(C)(C(=O)OCCN(C)C)C(C)(C)C. The van der Waals surface area contributed by atoms with Crippen LogP contribution in [0.15, 0.2) is 0 Å². The van der Waals surface area contributed by atoms with Gasteiger partial charge >= 0.3 is 5.97 Å². The van der Waals surface area contributed by atoms with E-state index in [4.69, 9.17) is 9.84 Å². The fraction of sp³-hybridized carbons (Fsp3) is 0.947. The molecule has 140 valence electrons. The molecule has 1 N–H and O–H groups in total. The van der Waals surface area contributed by atoms with Crippen LogP contribution in [0.1, 0.15) is 68.7 Å². The van der Waals surface area contributed by atoms with Crippen molar-refractivity contribution < 1.29 is 14.6 Å². The molecule has 1 atom stereocenters. The number of ether oxygens (including phenoxy) is 1. The summed E-state index contributed by atoms with van der Waals surface area (Å²) >= 11 is 0. The van der Waals surface area contributed by atoms with Crippen LogP contribution in [0.2, 0.25) is 0 Å². The molecule has 0 saturated carbocycles. The van der Waals surface area contributed by atoms with E-state index in [1.165, 1.54) is 0 Å². The number of hydrogen-bond donors (Lipinski definition) is 1. The molecular formula is C19H41NO3. The maximum Gasteiger partial charge on any atom is 0.312 e. The van der Waals surface area contributed by atoms with Gasteiger partial charge in [0.05, 0.1) is 11.0 Å². The summed E-state index contributed by atoms with van der Waals surface area (Å²) in [6.45, 7) is 19.1. The molecule has 0 aliphatic heterocycles. The van der Waals surface area contributed by atoms with E-state index in [1.54, 1.807) is 20.8 Å². The van der Waals surface area contributed by atoms with Crippen molar-refractivity contribution in [2.75, 3.05) is 27.2 Å². The van der Waals surface area contributed by atoms with Crippen molar-refractivity contribution in [3.05, 3.63) is 0 Å². The molecule has 1 unspecified atom stereocenters. The summed E-state index contributed by atoms with van der Waals surface area (Å²) < 4.78 is 5.46. The molecule has 0 aliphatic rings. The lowest BCUT2D eigenvalue weighted by Crippen LogP contribution is -2.43. The molecule has 4 heteroatoms. The quantitative estimate of drug-likeness (QED) is 0.748. The molecule has 0 rings (SSSR count). The maximum atomic E-state index is 12.4. The highest BCUT2D eigenvalue weighted by molar-refractivity contribution is 5.77. The Balaban J connectivity index is 0. The van der Waals surface area contributed by atoms with Crippen molar-refractivity contribution in [1.82, 2.24) is 4.90 Å². The van der Waals surface area contributed by atoms with Gasteiger partial charge in [0, 0.05) is 6.54 Å². The number of nitrogens with zero attached hydrogens (tertiary/aromatic N) is 1. The molecule has 0 fully saturated rings. The average Bonchev–Trinajstić information content (AvgIpc) is 2.23. The molecule has 23 heavy (non-hydrogen) atoms. The van der Waals surface area contributed by atoms with E-state index in [-0.39, 0.29) is 11.4 Å². The summed E-state index contributed by atoms with van der Waals surface area (Å²) in [5, 5.41) is 8.52. The van der Waals surface area contributed by atoms with Gasteiger partial charge in [0.1, 0.15) is 6.61 Å². The van der Waals surface area contributed by atoms with Gasteiger partial charge in [-0.05, 0) is 59.5 Å². The zero-order valence-electron chi connectivity index (χ0n) is 17.4. The van der Waals surface area contributed by atoms with Gasteiger partial charge in [-0.15, -0.1) is 0 Å². The number of likely N-dealkylation sites (N-methyl/N-ethyl adjacent to an activating group) is 1. The smallest absolute Gasteiger partial charge is 0.312 e. The van der Waals surface area contributed by atoms with Crippen molar-refractivity contribution in [1.29, 1.82) is 0 Å². The maximum absolute atomic E-state index is 12.4. The largest absolute Gasteiger partial charge is 0.464 e. The van der Waals surface area contributed by atoms with Gasteiger partial charge in [-0.3, -0.25) is 4.79 Å². The second kappa shape index (κ2) is 9.63. The van der Waals surface area contributed by atoms with Crippen molar-refractivity contribution in [2.45, 2.75) is 74.3 Å². The standard InChI is InChI=1S/C15H31NO2.C4H10O/c1-12(2)11-15(6,14(3,4)5)13(17)18-10-9-16(7)8;1-4(2,3)5/h12H,9-11H2,1-8H3;5H,1-3H3. The minimum atomic E-state index is -0.500. The molecule has 0 heterocycles. The van der Waals surface area contributed by atoms with Gasteiger partial charge in [0.25, 0.3) is 0 Å². The molecule has 0 aromatic carbocycles. The normalized spacial score (nSPS) is 15.0. The lowest BCUT2D eigenvalue weighted by atomic mass is 9.64. The summed E-state index contributed by atoms with van der Waals surface area (Å²) in [5.74, 6) is 0.418. The Hall–Kier alpha value is -0.610. The molecule has 4 nitrogen and oxygen atoms in total. The predicted molar refractivity (Wildman–Crippen MR) is 98.5 cm³/mol. The third kappa shape index (κ3) is 12.5. The Morgan fingerprint density at radius 2 is 1.43 bits per heavy atom. The first-order valence-electron chi connectivity index (χ1n) is 8.55. The monoisotopic (exact) mass is 331 g/mol. The highest BCUT2D eigenvalue weighted by atomic mass is 16.5. The van der Waals surface area contributed by atoms with Crippen molar-refractivity contribution in [3.63, 3.8) is 0 Å². The molecule has 0 amide bonds. The summed E-state index contributed by atoms with van der Waals surface area (Å²) in [6, 6.07) is 0. The van der Waals surface area contributed by atoms with Crippen LogP contribution in [0, 0.1) is 16.7 Å². The lowest BCUT2D eigenvalue weighted by Gasteiger charge is -2.40. The molecule has 0 aliphatic carbocycles. The van der Waals surface area contributed by atoms with Gasteiger partial charge < -0.3 is 14.7 Å². The van der Waals surface area contributed by atoms with Gasteiger partial charge in [0.2, 0.25) is 0 Å². The number of hydrogen-bond acceptors (Lipinski definition) is 4. The first kappa shape index (κ1) is 24.6. The Morgan fingerprint density at radius 3 is 1.70 bits per heavy atom. The third-order valence-electron chi connectivity index (χ3n) is 3.69. The van der Waals surface area contributed by atoms with Gasteiger partial charge in [-0.1, -0.05) is 34.6 Å². The number of rotatable bonds is 6. The topological polar surface area (TPSA) is 49.8 Å². The van der Waals surface area contributed by atoms with Crippen LogP contribution in [0.5, 0.6) is 0 Å². The van der Waals surface area contributed by atoms with E-state index >= 15 is 0 Å². The Morgan fingerprint density at radius 1 is 1.04 bits per heavy atom. The molecule has 0 aromatic heterocycles. The first-order valence-corrected chi connectivity index (χ1v) is 8.55. The van der Waals surface area contributed by atoms with E-state index < -0.39 is 11.0 Å². The van der Waals surface area contributed by atoms with Gasteiger partial charge in [-0.2, -0.15) is 0 Å². The number of carbonyl (C=O) groups excluding carboxylic acids is 1. The van der Waals surface area contributed by atoms with Crippen LogP contribution in [-0.2, 0) is 9.53 Å². The van der Waals surface area contributed by atoms with Gasteiger partial charge in [-0.25, -0.2) is 0 Å². The van der Waals surface area contributed by atoms with E-state index in [9.17, 15) is 4.79 Å². The Kier molecular flexibility index (Phi) is 10.3. The predicted octanol–water partition coefficient (Wildman–Crippen LogP) is 3.97. The Bertz CT molecular complexity index is 332.